The second-order valence-electron chi connectivity index (χ2n) is 7.00. The second kappa shape index (κ2) is 7.79. The third kappa shape index (κ3) is 4.15. The molecule has 1 aliphatic heterocycles. The van der Waals surface area contributed by atoms with Crippen LogP contribution in [0.1, 0.15) is 50.5 Å². The molecule has 2 atom stereocenters. The lowest BCUT2D eigenvalue weighted by Gasteiger charge is -2.26. The molecule has 1 heterocycles. The average molecular weight is 329 g/mol. The van der Waals surface area contributed by atoms with Crippen LogP contribution >= 0.6 is 0 Å². The molecule has 5 heteroatoms. The molecule has 3 rings (SSSR count). The molecule has 1 saturated carbocycles. The van der Waals surface area contributed by atoms with Gasteiger partial charge in [-0.3, -0.25) is 9.59 Å². The fourth-order valence-corrected chi connectivity index (χ4v) is 3.70. The number of hydrogen-bond acceptors (Lipinski definition) is 3. The maximum absolute atomic E-state index is 12.1. The maximum Gasteiger partial charge on any atom is 0.226 e. The Morgan fingerprint density at radius 3 is 2.62 bits per heavy atom. The first-order valence-electron chi connectivity index (χ1n) is 9.05. The van der Waals surface area contributed by atoms with Crippen molar-refractivity contribution in [1.82, 2.24) is 5.32 Å². The van der Waals surface area contributed by atoms with Crippen molar-refractivity contribution in [3.8, 4) is 0 Å². The van der Waals surface area contributed by atoms with Gasteiger partial charge in [0.25, 0.3) is 0 Å². The largest absolute Gasteiger partial charge is 0.352 e. The topological polar surface area (TPSA) is 75.4 Å². The highest BCUT2D eigenvalue weighted by Gasteiger charge is 2.25. The third-order valence-electron chi connectivity index (χ3n) is 5.23. The smallest absolute Gasteiger partial charge is 0.226 e. The van der Waals surface area contributed by atoms with Gasteiger partial charge in [0.2, 0.25) is 11.8 Å². The summed E-state index contributed by atoms with van der Waals surface area (Å²) in [5.74, 6) is 0.611. The van der Waals surface area contributed by atoms with Gasteiger partial charge in [0.1, 0.15) is 0 Å². The lowest BCUT2D eigenvalue weighted by atomic mass is 10.00. The monoisotopic (exact) mass is 329 g/mol. The van der Waals surface area contributed by atoms with E-state index in [1.54, 1.807) is 0 Å². The van der Waals surface area contributed by atoms with Gasteiger partial charge in [-0.05, 0) is 49.3 Å². The fraction of sp³-hybridized carbons (Fsp3) is 0.579. The number of hydrogen-bond donors (Lipinski definition) is 2. The summed E-state index contributed by atoms with van der Waals surface area (Å²) in [7, 11) is 0. The number of nitrogens with zero attached hydrogens (tertiary/aromatic N) is 1. The summed E-state index contributed by atoms with van der Waals surface area (Å²) in [5.41, 5.74) is 8.02. The Kier molecular flexibility index (Phi) is 5.51. The highest BCUT2D eigenvalue weighted by molar-refractivity contribution is 5.93. The van der Waals surface area contributed by atoms with Crippen LogP contribution in [0.2, 0.25) is 0 Å². The van der Waals surface area contributed by atoms with Crippen molar-refractivity contribution >= 4 is 17.5 Å². The molecule has 130 valence electrons. The van der Waals surface area contributed by atoms with Crippen LogP contribution < -0.4 is 16.0 Å². The predicted molar refractivity (Wildman–Crippen MR) is 94.4 cm³/mol. The summed E-state index contributed by atoms with van der Waals surface area (Å²) in [6.07, 6.45) is 6.46. The number of nitrogens with two attached hydrogens (primary N) is 1. The van der Waals surface area contributed by atoms with Gasteiger partial charge in [0.05, 0.1) is 0 Å². The van der Waals surface area contributed by atoms with Crippen molar-refractivity contribution in [2.75, 3.05) is 11.4 Å². The zero-order chi connectivity index (χ0) is 16.9. The highest BCUT2D eigenvalue weighted by Crippen LogP contribution is 2.26. The Bertz CT molecular complexity index is 585. The van der Waals surface area contributed by atoms with Crippen LogP contribution in [0.25, 0.3) is 0 Å². The van der Waals surface area contributed by atoms with E-state index in [0.29, 0.717) is 25.3 Å². The van der Waals surface area contributed by atoms with E-state index >= 15 is 0 Å². The van der Waals surface area contributed by atoms with Gasteiger partial charge in [-0.15, -0.1) is 0 Å². The molecular formula is C19H27N3O2. The van der Waals surface area contributed by atoms with Gasteiger partial charge in [-0.1, -0.05) is 18.6 Å². The fourth-order valence-electron chi connectivity index (χ4n) is 3.70. The SMILES string of the molecule is N[C@@H]1CCC[C@H]1CC(=O)NCc1ccc(N2CCCCC2=O)cc1. The minimum absolute atomic E-state index is 0.0765. The zero-order valence-corrected chi connectivity index (χ0v) is 14.2. The summed E-state index contributed by atoms with van der Waals surface area (Å²) >= 11 is 0. The van der Waals surface area contributed by atoms with E-state index in [2.05, 4.69) is 5.32 Å². The van der Waals surface area contributed by atoms with Crippen LogP contribution in [-0.4, -0.2) is 24.4 Å². The van der Waals surface area contributed by atoms with E-state index in [4.69, 9.17) is 5.73 Å². The van der Waals surface area contributed by atoms with E-state index in [0.717, 1.165) is 49.9 Å². The summed E-state index contributed by atoms with van der Waals surface area (Å²) in [5, 5.41) is 2.98. The molecular weight excluding hydrogens is 302 g/mol. The van der Waals surface area contributed by atoms with Crippen LogP contribution in [0.15, 0.2) is 24.3 Å². The molecule has 2 fully saturated rings. The van der Waals surface area contributed by atoms with E-state index in [-0.39, 0.29) is 17.9 Å². The van der Waals surface area contributed by atoms with Gasteiger partial charge in [-0.25, -0.2) is 0 Å². The first-order chi connectivity index (χ1) is 11.6. The number of rotatable bonds is 5. The molecule has 1 aromatic carbocycles. The Balaban J connectivity index is 1.49. The second-order valence-corrected chi connectivity index (χ2v) is 7.00. The molecule has 3 N–H and O–H groups in total. The van der Waals surface area contributed by atoms with Crippen LogP contribution in [0.3, 0.4) is 0 Å². The van der Waals surface area contributed by atoms with Crippen LogP contribution in [0.5, 0.6) is 0 Å². The number of amides is 2. The van der Waals surface area contributed by atoms with Crippen LogP contribution in [-0.2, 0) is 16.1 Å². The zero-order valence-electron chi connectivity index (χ0n) is 14.2. The molecule has 0 radical (unpaired) electrons. The minimum atomic E-state index is 0.0765. The van der Waals surface area contributed by atoms with Crippen LogP contribution in [0, 0.1) is 5.92 Å². The first-order valence-corrected chi connectivity index (χ1v) is 9.05. The number of benzene rings is 1. The molecule has 2 amide bonds. The number of carbonyl (C=O) groups excluding carboxylic acids is 2. The van der Waals surface area contributed by atoms with E-state index in [1.807, 2.05) is 29.2 Å². The Hall–Kier alpha value is -1.88. The molecule has 0 spiro atoms. The minimum Gasteiger partial charge on any atom is -0.352 e. The third-order valence-corrected chi connectivity index (χ3v) is 5.23. The van der Waals surface area contributed by atoms with Gasteiger partial charge < -0.3 is 16.0 Å². The van der Waals surface area contributed by atoms with E-state index < -0.39 is 0 Å². The summed E-state index contributed by atoms with van der Waals surface area (Å²) in [6.45, 7) is 1.32. The molecule has 1 saturated heterocycles. The van der Waals surface area contributed by atoms with Crippen molar-refractivity contribution in [1.29, 1.82) is 0 Å². The van der Waals surface area contributed by atoms with Crippen molar-refractivity contribution in [2.45, 2.75) is 57.5 Å². The van der Waals surface area contributed by atoms with Crippen molar-refractivity contribution in [3.63, 3.8) is 0 Å². The lowest BCUT2D eigenvalue weighted by Crippen LogP contribution is -2.35. The quantitative estimate of drug-likeness (QED) is 0.870. The van der Waals surface area contributed by atoms with Crippen molar-refractivity contribution < 1.29 is 9.59 Å². The maximum atomic E-state index is 12.1. The Labute approximate surface area is 143 Å². The average Bonchev–Trinajstić information content (AvgIpc) is 2.99. The molecule has 5 nitrogen and oxygen atoms in total. The number of piperidine rings is 1. The van der Waals surface area contributed by atoms with Crippen molar-refractivity contribution in [3.05, 3.63) is 29.8 Å². The summed E-state index contributed by atoms with van der Waals surface area (Å²) < 4.78 is 0. The molecule has 0 aromatic heterocycles. The number of nitrogens with one attached hydrogen (secondary N) is 1. The molecule has 1 aliphatic carbocycles. The molecule has 0 bridgehead atoms. The van der Waals surface area contributed by atoms with Crippen LogP contribution in [0.4, 0.5) is 5.69 Å². The normalized spacial score (nSPS) is 24.2. The molecule has 2 aliphatic rings. The highest BCUT2D eigenvalue weighted by atomic mass is 16.2. The Morgan fingerprint density at radius 2 is 1.96 bits per heavy atom. The predicted octanol–water partition coefficient (Wildman–Crippen LogP) is 2.34. The van der Waals surface area contributed by atoms with E-state index in [9.17, 15) is 9.59 Å². The number of anilines is 1. The van der Waals surface area contributed by atoms with E-state index in [1.165, 1.54) is 0 Å². The summed E-state index contributed by atoms with van der Waals surface area (Å²) in [6, 6.07) is 8.09. The number of carbonyl (C=O) groups is 2. The molecule has 0 unspecified atom stereocenters. The molecule has 1 aromatic rings. The Morgan fingerprint density at radius 1 is 1.17 bits per heavy atom. The van der Waals surface area contributed by atoms with Gasteiger partial charge >= 0.3 is 0 Å². The van der Waals surface area contributed by atoms with Gasteiger partial charge in [0, 0.05) is 37.7 Å². The summed E-state index contributed by atoms with van der Waals surface area (Å²) in [4.78, 5) is 25.9. The van der Waals surface area contributed by atoms with Gasteiger partial charge in [-0.2, -0.15) is 0 Å². The standard InChI is InChI=1S/C19H27N3O2/c20-17-5-3-4-15(17)12-18(23)21-13-14-7-9-16(10-8-14)22-11-2-1-6-19(22)24/h7-10,15,17H,1-6,11-13,20H2,(H,21,23)/t15-,17+/m0/s1. The first kappa shape index (κ1) is 17.0. The van der Waals surface area contributed by atoms with Crippen molar-refractivity contribution in [2.24, 2.45) is 11.7 Å². The molecule has 24 heavy (non-hydrogen) atoms. The van der Waals surface area contributed by atoms with Gasteiger partial charge in [0.15, 0.2) is 0 Å². The lowest BCUT2D eigenvalue weighted by molar-refractivity contribution is -0.122.